The molecule has 0 aliphatic heterocycles. The van der Waals surface area contributed by atoms with Gasteiger partial charge in [-0.1, -0.05) is 57.2 Å². The Hall–Kier alpha value is -3.80. The molecule has 0 spiro atoms. The zero-order valence-corrected chi connectivity index (χ0v) is 20.7. The Morgan fingerprint density at radius 2 is 1.86 bits per heavy atom. The van der Waals surface area contributed by atoms with Crippen LogP contribution in [0.25, 0.3) is 11.1 Å². The number of benzene rings is 3. The van der Waals surface area contributed by atoms with Crippen molar-refractivity contribution in [1.82, 2.24) is 10.3 Å². The van der Waals surface area contributed by atoms with E-state index >= 15 is 0 Å². The van der Waals surface area contributed by atoms with Gasteiger partial charge in [-0.3, -0.25) is 4.79 Å². The maximum atomic E-state index is 12.8. The second kappa shape index (κ2) is 10.2. The molecule has 1 atom stereocenters. The number of methoxy groups -OCH3 is 1. The monoisotopic (exact) mass is 472 g/mol. The van der Waals surface area contributed by atoms with Crippen molar-refractivity contribution in [3.05, 3.63) is 89.3 Å². The van der Waals surface area contributed by atoms with Crippen LogP contribution in [0.2, 0.25) is 0 Å². The number of aromatic nitrogens is 1. The first-order chi connectivity index (χ1) is 16.8. The average Bonchev–Trinajstić information content (AvgIpc) is 3.32. The van der Waals surface area contributed by atoms with Gasteiger partial charge in [0, 0.05) is 12.5 Å². The second-order valence-electron chi connectivity index (χ2n) is 9.83. The summed E-state index contributed by atoms with van der Waals surface area (Å²) in [6.45, 7) is 7.02. The Bertz CT molecular complexity index is 1300. The molecule has 35 heavy (non-hydrogen) atoms. The quantitative estimate of drug-likeness (QED) is 0.329. The van der Waals surface area contributed by atoms with Crippen LogP contribution in [0.3, 0.4) is 0 Å². The summed E-state index contributed by atoms with van der Waals surface area (Å²) in [7, 11) is 1.60. The number of para-hydroxylation sites is 1. The zero-order valence-electron chi connectivity index (χ0n) is 20.7. The first-order valence-electron chi connectivity index (χ1n) is 11.8. The number of nitrogens with one attached hydrogen (secondary N) is 1. The van der Waals surface area contributed by atoms with Crippen LogP contribution >= 0.6 is 0 Å². The van der Waals surface area contributed by atoms with Crippen molar-refractivity contribution in [2.24, 2.45) is 0 Å². The van der Waals surface area contributed by atoms with E-state index in [1.807, 2.05) is 12.1 Å². The standard InChI is InChI=1S/C29H32N2O4/c1-29(2,3)22-13-10-19(11-14-22)9-12-20(17-30-28(33)23-7-5-6-8-25(23)32)21-15-24-27(35-18-31-24)26(16-21)34-4/h5-8,10-11,13-16,18,20,32H,9,12,17H2,1-4H3,(H,30,33). The summed E-state index contributed by atoms with van der Waals surface area (Å²) in [4.78, 5) is 17.1. The number of oxazole rings is 1. The average molecular weight is 473 g/mol. The van der Waals surface area contributed by atoms with Crippen molar-refractivity contribution in [2.75, 3.05) is 13.7 Å². The molecule has 182 valence electrons. The van der Waals surface area contributed by atoms with E-state index in [0.29, 0.717) is 23.4 Å². The molecule has 1 heterocycles. The van der Waals surface area contributed by atoms with E-state index in [4.69, 9.17) is 9.15 Å². The predicted molar refractivity (Wildman–Crippen MR) is 137 cm³/mol. The highest BCUT2D eigenvalue weighted by molar-refractivity contribution is 5.96. The Morgan fingerprint density at radius 3 is 2.54 bits per heavy atom. The fourth-order valence-corrected chi connectivity index (χ4v) is 4.22. The summed E-state index contributed by atoms with van der Waals surface area (Å²) >= 11 is 0. The van der Waals surface area contributed by atoms with Crippen LogP contribution in [0.15, 0.2) is 71.5 Å². The molecule has 0 bridgehead atoms. The lowest BCUT2D eigenvalue weighted by molar-refractivity contribution is 0.0948. The maximum Gasteiger partial charge on any atom is 0.255 e. The van der Waals surface area contributed by atoms with Gasteiger partial charge in [0.1, 0.15) is 11.3 Å². The molecule has 4 rings (SSSR count). The van der Waals surface area contributed by atoms with Gasteiger partial charge in [0.15, 0.2) is 17.7 Å². The number of ether oxygens (including phenoxy) is 1. The zero-order chi connectivity index (χ0) is 25.0. The van der Waals surface area contributed by atoms with Crippen LogP contribution in [-0.4, -0.2) is 29.7 Å². The Balaban J connectivity index is 1.57. The smallest absolute Gasteiger partial charge is 0.255 e. The summed E-state index contributed by atoms with van der Waals surface area (Å²) < 4.78 is 11.0. The summed E-state index contributed by atoms with van der Waals surface area (Å²) in [6, 6.07) is 19.2. The molecule has 1 amide bonds. The minimum atomic E-state index is -0.308. The number of amides is 1. The molecule has 6 nitrogen and oxygen atoms in total. The van der Waals surface area contributed by atoms with Gasteiger partial charge >= 0.3 is 0 Å². The first-order valence-corrected chi connectivity index (χ1v) is 11.8. The van der Waals surface area contributed by atoms with Crippen molar-refractivity contribution in [3.63, 3.8) is 0 Å². The number of nitrogens with zero attached hydrogens (tertiary/aromatic N) is 1. The van der Waals surface area contributed by atoms with Gasteiger partial charge in [0.05, 0.1) is 12.7 Å². The number of aromatic hydroxyl groups is 1. The number of phenolic OH excluding ortho intramolecular Hbond substituents is 1. The molecule has 3 aromatic carbocycles. The fraction of sp³-hybridized carbons (Fsp3) is 0.310. The molecular weight excluding hydrogens is 440 g/mol. The van der Waals surface area contributed by atoms with Crippen molar-refractivity contribution >= 4 is 17.0 Å². The number of phenols is 1. The lowest BCUT2D eigenvalue weighted by Gasteiger charge is -2.21. The molecule has 0 radical (unpaired) electrons. The molecule has 4 aromatic rings. The van der Waals surface area contributed by atoms with E-state index in [-0.39, 0.29) is 28.6 Å². The van der Waals surface area contributed by atoms with Crippen LogP contribution in [0.4, 0.5) is 0 Å². The van der Waals surface area contributed by atoms with Crippen molar-refractivity contribution < 1.29 is 19.1 Å². The number of rotatable bonds is 8. The first kappa shape index (κ1) is 24.3. The van der Waals surface area contributed by atoms with Gasteiger partial charge in [-0.2, -0.15) is 0 Å². The van der Waals surface area contributed by atoms with Gasteiger partial charge in [0.25, 0.3) is 5.91 Å². The van der Waals surface area contributed by atoms with E-state index in [9.17, 15) is 9.90 Å². The molecular formula is C29H32N2O4. The maximum absolute atomic E-state index is 12.8. The normalized spacial score (nSPS) is 12.5. The summed E-state index contributed by atoms with van der Waals surface area (Å²) in [5.74, 6) is 0.270. The minimum Gasteiger partial charge on any atom is -0.507 e. The van der Waals surface area contributed by atoms with Crippen molar-refractivity contribution in [1.29, 1.82) is 0 Å². The SMILES string of the molecule is COc1cc(C(CCc2ccc(C(C)(C)C)cc2)CNC(=O)c2ccccc2O)cc2ncoc12. The number of carbonyl (C=O) groups is 1. The fourth-order valence-electron chi connectivity index (χ4n) is 4.22. The predicted octanol–water partition coefficient (Wildman–Crippen LogP) is 5.99. The van der Waals surface area contributed by atoms with Gasteiger partial charge in [-0.25, -0.2) is 4.98 Å². The molecule has 0 saturated carbocycles. The van der Waals surface area contributed by atoms with Gasteiger partial charge in [0.2, 0.25) is 0 Å². The van der Waals surface area contributed by atoms with E-state index < -0.39 is 0 Å². The lowest BCUT2D eigenvalue weighted by atomic mass is 9.86. The third kappa shape index (κ3) is 5.65. The van der Waals surface area contributed by atoms with E-state index in [0.717, 1.165) is 18.4 Å². The molecule has 0 saturated heterocycles. The highest BCUT2D eigenvalue weighted by atomic mass is 16.5. The highest BCUT2D eigenvalue weighted by Gasteiger charge is 2.20. The van der Waals surface area contributed by atoms with E-state index in [2.05, 4.69) is 55.3 Å². The number of hydrogen-bond donors (Lipinski definition) is 2. The van der Waals surface area contributed by atoms with Crippen LogP contribution in [0.1, 0.15) is 60.2 Å². The molecule has 6 heteroatoms. The molecule has 0 aliphatic rings. The number of carbonyl (C=O) groups excluding carboxylic acids is 1. The molecule has 1 aromatic heterocycles. The summed E-state index contributed by atoms with van der Waals surface area (Å²) in [5, 5.41) is 13.1. The summed E-state index contributed by atoms with van der Waals surface area (Å²) in [6.07, 6.45) is 3.06. The van der Waals surface area contributed by atoms with Gasteiger partial charge < -0.3 is 19.6 Å². The Kier molecular flexibility index (Phi) is 7.10. The van der Waals surface area contributed by atoms with Crippen LogP contribution < -0.4 is 10.1 Å². The van der Waals surface area contributed by atoms with Crippen molar-refractivity contribution in [3.8, 4) is 11.5 Å². The lowest BCUT2D eigenvalue weighted by Crippen LogP contribution is -2.28. The topological polar surface area (TPSA) is 84.6 Å². The Morgan fingerprint density at radius 1 is 1.11 bits per heavy atom. The molecule has 1 unspecified atom stereocenters. The van der Waals surface area contributed by atoms with E-state index in [1.165, 1.54) is 23.6 Å². The minimum absolute atomic E-state index is 0.00194. The van der Waals surface area contributed by atoms with Gasteiger partial charge in [-0.15, -0.1) is 0 Å². The summed E-state index contributed by atoms with van der Waals surface area (Å²) in [5.41, 5.74) is 5.23. The largest absolute Gasteiger partial charge is 0.507 e. The third-order valence-electron chi connectivity index (χ3n) is 6.37. The number of aryl methyl sites for hydroxylation is 1. The van der Waals surface area contributed by atoms with Crippen LogP contribution in [0.5, 0.6) is 11.5 Å². The molecule has 0 fully saturated rings. The Labute approximate surface area is 206 Å². The third-order valence-corrected chi connectivity index (χ3v) is 6.37. The number of fused-ring (bicyclic) bond motifs is 1. The van der Waals surface area contributed by atoms with Crippen LogP contribution in [-0.2, 0) is 11.8 Å². The highest BCUT2D eigenvalue weighted by Crippen LogP contribution is 2.32. The van der Waals surface area contributed by atoms with Crippen LogP contribution in [0, 0.1) is 0 Å². The van der Waals surface area contributed by atoms with E-state index in [1.54, 1.807) is 25.3 Å². The van der Waals surface area contributed by atoms with Gasteiger partial charge in [-0.05, 0) is 59.2 Å². The van der Waals surface area contributed by atoms with Crippen molar-refractivity contribution in [2.45, 2.75) is 44.9 Å². The number of hydrogen-bond acceptors (Lipinski definition) is 5. The molecule has 0 aliphatic carbocycles. The molecule has 2 N–H and O–H groups in total. The second-order valence-corrected chi connectivity index (χ2v) is 9.83.